The van der Waals surface area contributed by atoms with Gasteiger partial charge in [-0.1, -0.05) is 38.1 Å². The lowest BCUT2D eigenvalue weighted by molar-refractivity contribution is 0.203. The summed E-state index contributed by atoms with van der Waals surface area (Å²) >= 11 is 0. The summed E-state index contributed by atoms with van der Waals surface area (Å²) in [7, 11) is 3.47. The van der Waals surface area contributed by atoms with E-state index in [1.807, 2.05) is 0 Å². The molecular weight excluding hydrogens is 276 g/mol. The molecule has 0 aromatic heterocycles. The highest BCUT2D eigenvalue weighted by Gasteiger charge is 2.03. The summed E-state index contributed by atoms with van der Waals surface area (Å²) in [6.45, 7) is 9.73. The summed E-state index contributed by atoms with van der Waals surface area (Å²) in [6.07, 6.45) is 0. The third-order valence-corrected chi connectivity index (χ3v) is 3.57. The van der Waals surface area contributed by atoms with Crippen molar-refractivity contribution in [3.63, 3.8) is 0 Å². The third kappa shape index (κ3) is 6.91. The molecule has 1 aromatic rings. The number of aliphatic imine (C=N–C) groups is 1. The van der Waals surface area contributed by atoms with Gasteiger partial charge in [0.05, 0.1) is 6.61 Å². The Morgan fingerprint density at radius 2 is 1.91 bits per heavy atom. The van der Waals surface area contributed by atoms with Crippen molar-refractivity contribution in [1.82, 2.24) is 15.5 Å². The molecule has 1 aromatic carbocycles. The van der Waals surface area contributed by atoms with Gasteiger partial charge >= 0.3 is 0 Å². The first-order valence-electron chi connectivity index (χ1n) is 7.97. The number of benzene rings is 1. The first kappa shape index (κ1) is 18.5. The fraction of sp³-hybridized carbons (Fsp3) is 0.588. The monoisotopic (exact) mass is 306 g/mol. The van der Waals surface area contributed by atoms with Crippen LogP contribution < -0.4 is 10.6 Å². The first-order valence-corrected chi connectivity index (χ1v) is 7.97. The first-order chi connectivity index (χ1) is 10.7. The molecule has 5 heteroatoms. The highest BCUT2D eigenvalue weighted by molar-refractivity contribution is 5.79. The van der Waals surface area contributed by atoms with Crippen molar-refractivity contribution in [3.05, 3.63) is 35.4 Å². The maximum atomic E-state index is 5.02. The second kappa shape index (κ2) is 11.0. The number of rotatable bonds is 9. The van der Waals surface area contributed by atoms with Crippen molar-refractivity contribution in [3.8, 4) is 0 Å². The van der Waals surface area contributed by atoms with Gasteiger partial charge in [-0.25, -0.2) is 0 Å². The number of guanidine groups is 1. The lowest BCUT2D eigenvalue weighted by Crippen LogP contribution is -2.38. The molecule has 0 atom stereocenters. The Bertz CT molecular complexity index is 444. The van der Waals surface area contributed by atoms with E-state index in [0.717, 1.165) is 38.7 Å². The van der Waals surface area contributed by atoms with E-state index in [9.17, 15) is 0 Å². The largest absolute Gasteiger partial charge is 0.383 e. The smallest absolute Gasteiger partial charge is 0.191 e. The zero-order chi connectivity index (χ0) is 16.2. The SMILES string of the molecule is CCN(CC)Cc1cccc(CNC(=NC)NCCOC)c1. The fourth-order valence-electron chi connectivity index (χ4n) is 2.22. The molecule has 0 spiro atoms. The molecule has 0 aliphatic heterocycles. The highest BCUT2D eigenvalue weighted by Crippen LogP contribution is 2.08. The van der Waals surface area contributed by atoms with Crippen LogP contribution in [-0.2, 0) is 17.8 Å². The van der Waals surface area contributed by atoms with Crippen LogP contribution in [0.1, 0.15) is 25.0 Å². The molecular formula is C17H30N4O. The van der Waals surface area contributed by atoms with E-state index in [2.05, 4.69) is 58.6 Å². The third-order valence-electron chi connectivity index (χ3n) is 3.57. The highest BCUT2D eigenvalue weighted by atomic mass is 16.5. The number of nitrogens with one attached hydrogen (secondary N) is 2. The predicted octanol–water partition coefficient (Wildman–Crippen LogP) is 1.84. The van der Waals surface area contributed by atoms with Crippen molar-refractivity contribution in [2.75, 3.05) is 40.4 Å². The molecule has 0 aliphatic rings. The zero-order valence-electron chi connectivity index (χ0n) is 14.4. The maximum absolute atomic E-state index is 5.02. The van der Waals surface area contributed by atoms with E-state index in [0.29, 0.717) is 6.61 Å². The van der Waals surface area contributed by atoms with Gasteiger partial charge in [0.15, 0.2) is 5.96 Å². The van der Waals surface area contributed by atoms with E-state index in [4.69, 9.17) is 4.74 Å². The second-order valence-electron chi connectivity index (χ2n) is 5.13. The molecule has 0 aliphatic carbocycles. The van der Waals surface area contributed by atoms with E-state index in [1.165, 1.54) is 11.1 Å². The number of ether oxygens (including phenoxy) is 1. The standard InChI is InChI=1S/C17H30N4O/c1-5-21(6-2)14-16-9-7-8-15(12-16)13-20-17(18-3)19-10-11-22-4/h7-9,12H,5-6,10-11,13-14H2,1-4H3,(H2,18,19,20). The summed E-state index contributed by atoms with van der Waals surface area (Å²) in [5.41, 5.74) is 2.62. The van der Waals surface area contributed by atoms with Crippen molar-refractivity contribution < 1.29 is 4.74 Å². The van der Waals surface area contributed by atoms with Crippen LogP contribution in [0, 0.1) is 0 Å². The fourth-order valence-corrected chi connectivity index (χ4v) is 2.22. The van der Waals surface area contributed by atoms with Crippen molar-refractivity contribution in [2.45, 2.75) is 26.9 Å². The molecule has 0 heterocycles. The van der Waals surface area contributed by atoms with E-state index in [1.54, 1.807) is 14.2 Å². The Morgan fingerprint density at radius 3 is 2.55 bits per heavy atom. The van der Waals surface area contributed by atoms with E-state index >= 15 is 0 Å². The number of nitrogens with zero attached hydrogens (tertiary/aromatic N) is 2. The van der Waals surface area contributed by atoms with E-state index in [-0.39, 0.29) is 0 Å². The van der Waals surface area contributed by atoms with Crippen LogP contribution in [0.3, 0.4) is 0 Å². The second-order valence-corrected chi connectivity index (χ2v) is 5.13. The van der Waals surface area contributed by atoms with Crippen LogP contribution in [0.5, 0.6) is 0 Å². The average Bonchev–Trinajstić information content (AvgIpc) is 2.56. The molecule has 5 nitrogen and oxygen atoms in total. The maximum Gasteiger partial charge on any atom is 0.191 e. The summed E-state index contributed by atoms with van der Waals surface area (Å²) in [6, 6.07) is 8.71. The summed E-state index contributed by atoms with van der Waals surface area (Å²) in [4.78, 5) is 6.62. The molecule has 0 fully saturated rings. The summed E-state index contributed by atoms with van der Waals surface area (Å²) < 4.78 is 5.02. The van der Waals surface area contributed by atoms with Crippen LogP contribution >= 0.6 is 0 Å². The van der Waals surface area contributed by atoms with Gasteiger partial charge in [0, 0.05) is 33.8 Å². The molecule has 0 bridgehead atoms. The van der Waals surface area contributed by atoms with Crippen LogP contribution in [-0.4, -0.2) is 51.3 Å². The average molecular weight is 306 g/mol. The minimum Gasteiger partial charge on any atom is -0.383 e. The van der Waals surface area contributed by atoms with Gasteiger partial charge in [-0.2, -0.15) is 0 Å². The Kier molecular flexibility index (Phi) is 9.26. The zero-order valence-corrected chi connectivity index (χ0v) is 14.4. The van der Waals surface area contributed by atoms with Crippen molar-refractivity contribution >= 4 is 5.96 Å². The van der Waals surface area contributed by atoms with Crippen LogP contribution in [0.2, 0.25) is 0 Å². The molecule has 22 heavy (non-hydrogen) atoms. The summed E-state index contributed by atoms with van der Waals surface area (Å²) in [5.74, 6) is 0.797. The lowest BCUT2D eigenvalue weighted by Gasteiger charge is -2.18. The van der Waals surface area contributed by atoms with Gasteiger partial charge in [-0.3, -0.25) is 9.89 Å². The molecule has 124 valence electrons. The van der Waals surface area contributed by atoms with E-state index < -0.39 is 0 Å². The van der Waals surface area contributed by atoms with Gasteiger partial charge < -0.3 is 15.4 Å². The van der Waals surface area contributed by atoms with Gasteiger partial charge in [-0.15, -0.1) is 0 Å². The number of hydrogen-bond acceptors (Lipinski definition) is 3. The molecule has 0 saturated heterocycles. The summed E-state index contributed by atoms with van der Waals surface area (Å²) in [5, 5.41) is 6.53. The predicted molar refractivity (Wildman–Crippen MR) is 93.1 cm³/mol. The Balaban J connectivity index is 2.51. The Hall–Kier alpha value is -1.59. The molecule has 0 amide bonds. The lowest BCUT2D eigenvalue weighted by atomic mass is 10.1. The van der Waals surface area contributed by atoms with Crippen LogP contribution in [0.4, 0.5) is 0 Å². The minimum absolute atomic E-state index is 0.667. The van der Waals surface area contributed by atoms with Crippen molar-refractivity contribution in [1.29, 1.82) is 0 Å². The molecule has 1 rings (SSSR count). The van der Waals surface area contributed by atoms with Crippen molar-refractivity contribution in [2.24, 2.45) is 4.99 Å². The van der Waals surface area contributed by atoms with Gasteiger partial charge in [0.25, 0.3) is 0 Å². The van der Waals surface area contributed by atoms with Crippen LogP contribution in [0.15, 0.2) is 29.3 Å². The van der Waals surface area contributed by atoms with Gasteiger partial charge in [0.2, 0.25) is 0 Å². The molecule has 0 saturated carbocycles. The topological polar surface area (TPSA) is 48.9 Å². The number of hydrogen-bond donors (Lipinski definition) is 2. The Labute approximate surface area is 134 Å². The van der Waals surface area contributed by atoms with Gasteiger partial charge in [0.1, 0.15) is 0 Å². The quantitative estimate of drug-likeness (QED) is 0.415. The molecule has 0 unspecified atom stereocenters. The molecule has 2 N–H and O–H groups in total. The Morgan fingerprint density at radius 1 is 1.18 bits per heavy atom. The molecule has 0 radical (unpaired) electrons. The van der Waals surface area contributed by atoms with Crippen LogP contribution in [0.25, 0.3) is 0 Å². The number of methoxy groups -OCH3 is 1. The normalized spacial score (nSPS) is 11.8. The van der Waals surface area contributed by atoms with Gasteiger partial charge in [-0.05, 0) is 24.2 Å². The minimum atomic E-state index is 0.667.